The maximum atomic E-state index is 12.4. The number of benzene rings is 2. The number of para-hydroxylation sites is 1. The normalized spacial score (nSPS) is 10.3. The van der Waals surface area contributed by atoms with Crippen molar-refractivity contribution in [3.63, 3.8) is 0 Å². The van der Waals surface area contributed by atoms with Crippen LogP contribution in [0.15, 0.2) is 54.6 Å². The number of nitrogens with one attached hydrogen (secondary N) is 4. The van der Waals surface area contributed by atoms with Crippen LogP contribution in [0.1, 0.15) is 22.5 Å². The Bertz CT molecular complexity index is 1100. The topological polar surface area (TPSA) is 99.3 Å². The zero-order chi connectivity index (χ0) is 21.5. The van der Waals surface area contributed by atoms with Crippen LogP contribution in [-0.2, 0) is 9.59 Å². The first-order valence-electron chi connectivity index (χ1n) is 8.86. The van der Waals surface area contributed by atoms with Gasteiger partial charge in [0.15, 0.2) is 5.11 Å². The molecule has 0 atom stereocenters. The van der Waals surface area contributed by atoms with Crippen molar-refractivity contribution in [1.82, 2.24) is 16.2 Å². The lowest BCUT2D eigenvalue weighted by molar-refractivity contribution is -0.124. The van der Waals surface area contributed by atoms with Crippen molar-refractivity contribution in [2.45, 2.75) is 12.8 Å². The Morgan fingerprint density at radius 1 is 0.900 bits per heavy atom. The van der Waals surface area contributed by atoms with Crippen molar-refractivity contribution in [2.24, 2.45) is 0 Å². The molecule has 0 unspecified atom stereocenters. The first-order chi connectivity index (χ1) is 14.4. The minimum atomic E-state index is -0.477. The van der Waals surface area contributed by atoms with Crippen molar-refractivity contribution in [3.8, 4) is 0 Å². The first-order valence-corrected chi connectivity index (χ1v) is 10.5. The number of amides is 3. The summed E-state index contributed by atoms with van der Waals surface area (Å²) in [5.74, 6) is -1.21. The van der Waals surface area contributed by atoms with E-state index in [-0.39, 0.29) is 23.9 Å². The Morgan fingerprint density at radius 2 is 1.57 bits per heavy atom. The molecule has 10 heteroatoms. The maximum absolute atomic E-state index is 12.4. The molecule has 0 aliphatic rings. The fraction of sp³-hybridized carbons (Fsp3) is 0.100. The SMILES string of the molecule is O=C(CCC(=O)Nc1ccccc1)NNC(=S)NC(=O)c1sc2ccccc2c1Cl. The van der Waals surface area contributed by atoms with Crippen molar-refractivity contribution in [1.29, 1.82) is 0 Å². The van der Waals surface area contributed by atoms with Crippen LogP contribution in [0.3, 0.4) is 0 Å². The standard InChI is InChI=1S/C20H17ClN4O3S2/c21-17-13-8-4-5-9-14(13)30-18(17)19(28)23-20(29)25-24-16(27)11-10-15(26)22-12-6-2-1-3-7-12/h1-9H,10-11H2,(H,22,26)(H,24,27)(H2,23,25,28,29). The Balaban J connectivity index is 1.42. The molecule has 4 N–H and O–H groups in total. The molecule has 3 rings (SSSR count). The van der Waals surface area contributed by atoms with Crippen LogP contribution in [0, 0.1) is 0 Å². The van der Waals surface area contributed by atoms with Gasteiger partial charge in [-0.1, -0.05) is 48.0 Å². The monoisotopic (exact) mass is 460 g/mol. The number of fused-ring (bicyclic) bond motifs is 1. The van der Waals surface area contributed by atoms with Gasteiger partial charge in [-0.25, -0.2) is 0 Å². The molecule has 30 heavy (non-hydrogen) atoms. The average molecular weight is 461 g/mol. The van der Waals surface area contributed by atoms with Crippen LogP contribution >= 0.6 is 35.2 Å². The van der Waals surface area contributed by atoms with Crippen molar-refractivity contribution >= 4 is 73.8 Å². The molecule has 0 spiro atoms. The molecular weight excluding hydrogens is 444 g/mol. The van der Waals surface area contributed by atoms with Gasteiger partial charge < -0.3 is 5.32 Å². The molecule has 2 aromatic carbocycles. The minimum absolute atomic E-state index is 0.00107. The highest BCUT2D eigenvalue weighted by Crippen LogP contribution is 2.34. The highest BCUT2D eigenvalue weighted by atomic mass is 35.5. The molecule has 0 saturated heterocycles. The quantitative estimate of drug-likeness (QED) is 0.344. The lowest BCUT2D eigenvalue weighted by Crippen LogP contribution is -2.48. The van der Waals surface area contributed by atoms with E-state index in [9.17, 15) is 14.4 Å². The Labute approximate surface area is 186 Å². The van der Waals surface area contributed by atoms with Gasteiger partial charge in [0.2, 0.25) is 11.8 Å². The van der Waals surface area contributed by atoms with Crippen molar-refractivity contribution in [3.05, 3.63) is 64.5 Å². The number of halogens is 1. The van der Waals surface area contributed by atoms with Crippen molar-refractivity contribution in [2.75, 3.05) is 5.32 Å². The third-order valence-corrected chi connectivity index (χ3v) is 5.80. The summed E-state index contributed by atoms with van der Waals surface area (Å²) in [6.45, 7) is 0. The van der Waals surface area contributed by atoms with Gasteiger partial charge in [0.25, 0.3) is 5.91 Å². The van der Waals surface area contributed by atoms with Gasteiger partial charge in [0.05, 0.1) is 5.02 Å². The molecule has 1 aromatic heterocycles. The van der Waals surface area contributed by atoms with E-state index in [4.69, 9.17) is 23.8 Å². The molecule has 0 radical (unpaired) electrons. The van der Waals surface area contributed by atoms with Gasteiger partial charge in [0, 0.05) is 28.6 Å². The number of thiocarbonyl (C=S) groups is 1. The van der Waals surface area contributed by atoms with Gasteiger partial charge in [-0.05, 0) is 30.4 Å². The van der Waals surface area contributed by atoms with Crippen LogP contribution in [0.25, 0.3) is 10.1 Å². The van der Waals surface area contributed by atoms with E-state index in [0.29, 0.717) is 15.6 Å². The van der Waals surface area contributed by atoms with E-state index in [1.165, 1.54) is 11.3 Å². The Kier molecular flexibility index (Phi) is 7.34. The second kappa shape index (κ2) is 10.1. The molecule has 1 heterocycles. The molecule has 154 valence electrons. The highest BCUT2D eigenvalue weighted by Gasteiger charge is 2.18. The zero-order valence-corrected chi connectivity index (χ0v) is 17.9. The summed E-state index contributed by atoms with van der Waals surface area (Å²) in [5, 5.41) is 6.20. The number of hydrogen-bond donors (Lipinski definition) is 4. The smallest absolute Gasteiger partial charge is 0.269 e. The number of carbonyl (C=O) groups excluding carboxylic acids is 3. The molecule has 0 saturated carbocycles. The lowest BCUT2D eigenvalue weighted by Gasteiger charge is -2.10. The third kappa shape index (κ3) is 5.76. The molecular formula is C20H17ClN4O3S2. The summed E-state index contributed by atoms with van der Waals surface area (Å²) >= 11 is 12.5. The maximum Gasteiger partial charge on any atom is 0.269 e. The molecule has 0 fully saturated rings. The zero-order valence-electron chi connectivity index (χ0n) is 15.5. The number of hydrazine groups is 1. The molecule has 0 bridgehead atoms. The number of rotatable bonds is 5. The van der Waals surface area contributed by atoms with Crippen LogP contribution in [0.4, 0.5) is 5.69 Å². The third-order valence-electron chi connectivity index (χ3n) is 3.92. The summed E-state index contributed by atoms with van der Waals surface area (Å²) in [4.78, 5) is 36.5. The van der Waals surface area contributed by atoms with Gasteiger partial charge in [-0.2, -0.15) is 0 Å². The average Bonchev–Trinajstić information content (AvgIpc) is 3.08. The van der Waals surface area contributed by atoms with Crippen molar-refractivity contribution < 1.29 is 14.4 Å². The number of hydrogen-bond acceptors (Lipinski definition) is 5. The number of anilines is 1. The predicted molar refractivity (Wildman–Crippen MR) is 122 cm³/mol. The van der Waals surface area contributed by atoms with E-state index in [1.54, 1.807) is 24.3 Å². The lowest BCUT2D eigenvalue weighted by atomic mass is 10.2. The number of carbonyl (C=O) groups is 3. The summed E-state index contributed by atoms with van der Waals surface area (Å²) in [5.41, 5.74) is 5.44. The van der Waals surface area contributed by atoms with Gasteiger partial charge in [-0.3, -0.25) is 30.6 Å². The van der Waals surface area contributed by atoms with Crippen LogP contribution in [0.2, 0.25) is 5.02 Å². The first kappa shape index (κ1) is 21.7. The summed E-state index contributed by atoms with van der Waals surface area (Å²) in [7, 11) is 0. The molecule has 0 aliphatic heterocycles. The van der Waals surface area contributed by atoms with Crippen LogP contribution in [0.5, 0.6) is 0 Å². The minimum Gasteiger partial charge on any atom is -0.326 e. The van der Waals surface area contributed by atoms with Crippen LogP contribution in [-0.4, -0.2) is 22.8 Å². The molecule has 3 aromatic rings. The van der Waals surface area contributed by atoms with E-state index in [2.05, 4.69) is 21.5 Å². The molecule has 7 nitrogen and oxygen atoms in total. The second-order valence-corrected chi connectivity index (χ2v) is 7.95. The fourth-order valence-corrected chi connectivity index (χ4v) is 4.07. The largest absolute Gasteiger partial charge is 0.326 e. The predicted octanol–water partition coefficient (Wildman–Crippen LogP) is 3.61. The van der Waals surface area contributed by atoms with Gasteiger partial charge in [-0.15, -0.1) is 11.3 Å². The number of thiophene rings is 1. The Morgan fingerprint density at radius 3 is 2.30 bits per heavy atom. The highest BCUT2D eigenvalue weighted by molar-refractivity contribution is 7.80. The van der Waals surface area contributed by atoms with E-state index in [1.807, 2.05) is 30.3 Å². The summed E-state index contributed by atoms with van der Waals surface area (Å²) in [6.07, 6.45) is -0.0523. The Hall–Kier alpha value is -3.01. The second-order valence-electron chi connectivity index (χ2n) is 6.11. The van der Waals surface area contributed by atoms with Crippen LogP contribution < -0.4 is 21.5 Å². The van der Waals surface area contributed by atoms with Gasteiger partial charge >= 0.3 is 0 Å². The van der Waals surface area contributed by atoms with E-state index >= 15 is 0 Å². The summed E-state index contributed by atoms with van der Waals surface area (Å²) in [6, 6.07) is 16.3. The van der Waals surface area contributed by atoms with Gasteiger partial charge in [0.1, 0.15) is 4.88 Å². The summed E-state index contributed by atoms with van der Waals surface area (Å²) < 4.78 is 0.883. The molecule has 0 aliphatic carbocycles. The fourth-order valence-electron chi connectivity index (χ4n) is 2.51. The van der Waals surface area contributed by atoms with E-state index in [0.717, 1.165) is 10.1 Å². The molecule has 3 amide bonds. The van der Waals surface area contributed by atoms with E-state index < -0.39 is 11.8 Å².